The van der Waals surface area contributed by atoms with E-state index in [4.69, 9.17) is 4.74 Å². The molecule has 0 aromatic heterocycles. The number of allylic oxidation sites excluding steroid dienone is 1. The minimum absolute atomic E-state index is 0.157. The van der Waals surface area contributed by atoms with Crippen molar-refractivity contribution in [1.82, 2.24) is 21.3 Å². The molecule has 4 unspecified atom stereocenters. The highest BCUT2D eigenvalue weighted by molar-refractivity contribution is 5.77. The van der Waals surface area contributed by atoms with Crippen LogP contribution < -0.4 is 31.3 Å². The van der Waals surface area contributed by atoms with Gasteiger partial charge in [0, 0.05) is 24.6 Å². The van der Waals surface area contributed by atoms with Crippen LogP contribution in [0.2, 0.25) is 0 Å². The Morgan fingerprint density at radius 3 is 2.89 bits per heavy atom. The zero-order chi connectivity index (χ0) is 19.7. The summed E-state index contributed by atoms with van der Waals surface area (Å²) in [5, 5.41) is 17.0. The van der Waals surface area contributed by atoms with Crippen molar-refractivity contribution in [2.45, 2.75) is 51.6 Å². The number of fused-ring (bicyclic) bond motifs is 1. The van der Waals surface area contributed by atoms with Gasteiger partial charge in [-0.1, -0.05) is 13.0 Å². The summed E-state index contributed by atoms with van der Waals surface area (Å²) in [7, 11) is 1.95. The summed E-state index contributed by atoms with van der Waals surface area (Å²) in [5.41, 5.74) is 3.30. The monoisotopic (exact) mass is 389 g/mol. The van der Waals surface area contributed by atoms with Crippen LogP contribution >= 0.6 is 0 Å². The number of rotatable bonds is 4. The molecular weight excluding hydrogens is 357 g/mol. The Balaban J connectivity index is 1.65. The minimum atomic E-state index is -0.218. The number of hydrogen-bond donors (Lipinski definition) is 5. The number of anilines is 1. The van der Waals surface area contributed by atoms with Crippen LogP contribution in [0.15, 0.2) is 12.1 Å². The lowest BCUT2D eigenvalue weighted by Crippen LogP contribution is -2.67. The first-order valence-electron chi connectivity index (χ1n) is 10.4. The zero-order valence-electron chi connectivity index (χ0n) is 17.0. The molecule has 0 aliphatic carbocycles. The molecule has 1 aromatic carbocycles. The highest BCUT2D eigenvalue weighted by atomic mass is 19.1. The molecule has 154 valence electrons. The van der Waals surface area contributed by atoms with Crippen molar-refractivity contribution >= 4 is 11.3 Å². The van der Waals surface area contributed by atoms with Crippen molar-refractivity contribution in [3.63, 3.8) is 0 Å². The maximum absolute atomic E-state index is 15.7. The van der Waals surface area contributed by atoms with Crippen LogP contribution in [0.1, 0.15) is 37.8 Å². The summed E-state index contributed by atoms with van der Waals surface area (Å²) in [6, 6.07) is 2.21. The van der Waals surface area contributed by atoms with Gasteiger partial charge in [0.1, 0.15) is 12.0 Å². The highest BCUT2D eigenvalue weighted by Gasteiger charge is 2.32. The van der Waals surface area contributed by atoms with Gasteiger partial charge in [0.25, 0.3) is 0 Å². The Labute approximate surface area is 166 Å². The van der Waals surface area contributed by atoms with Crippen molar-refractivity contribution in [2.24, 2.45) is 5.92 Å². The molecule has 5 N–H and O–H groups in total. The maximum atomic E-state index is 15.7. The summed E-state index contributed by atoms with van der Waals surface area (Å²) in [6.45, 7) is 6.70. The van der Waals surface area contributed by atoms with E-state index in [1.54, 1.807) is 0 Å². The number of ether oxygens (including phenoxy) is 1. The van der Waals surface area contributed by atoms with Crippen LogP contribution in [-0.4, -0.2) is 45.2 Å². The normalized spacial score (nSPS) is 30.2. The largest absolute Gasteiger partial charge is 0.492 e. The Kier molecular flexibility index (Phi) is 5.87. The summed E-state index contributed by atoms with van der Waals surface area (Å²) in [6.07, 6.45) is 4.74. The number of hydrogen-bond acceptors (Lipinski definition) is 6. The van der Waals surface area contributed by atoms with Crippen LogP contribution in [0, 0.1) is 11.7 Å². The molecule has 28 heavy (non-hydrogen) atoms. The van der Waals surface area contributed by atoms with E-state index in [0.29, 0.717) is 29.8 Å². The molecule has 4 atom stereocenters. The molecule has 1 saturated heterocycles. The van der Waals surface area contributed by atoms with Gasteiger partial charge in [0.05, 0.1) is 24.0 Å². The van der Waals surface area contributed by atoms with Crippen LogP contribution in [0.25, 0.3) is 5.57 Å². The van der Waals surface area contributed by atoms with E-state index in [2.05, 4.69) is 46.5 Å². The van der Waals surface area contributed by atoms with Crippen molar-refractivity contribution in [1.29, 1.82) is 0 Å². The lowest BCUT2D eigenvalue weighted by atomic mass is 9.95. The smallest absolute Gasteiger partial charge is 0.157 e. The lowest BCUT2D eigenvalue weighted by Gasteiger charge is -2.41. The van der Waals surface area contributed by atoms with Gasteiger partial charge in [-0.15, -0.1) is 0 Å². The number of benzene rings is 1. The fourth-order valence-electron chi connectivity index (χ4n) is 4.40. The number of halogens is 1. The van der Waals surface area contributed by atoms with E-state index in [9.17, 15) is 0 Å². The standard InChI is InChI=1S/C21H32FN5O/c1-12-13(2)25-21(27-20(12)23-3)26-16-11-15-7-10-28-19(15)17(18(16)22)14-5-4-8-24-9-6-14/h6,11-13,20-21,23-27H,4-5,7-10H2,1-3H3. The molecule has 0 bridgehead atoms. The number of nitrogens with one attached hydrogen (secondary N) is 5. The third-order valence-electron chi connectivity index (χ3n) is 6.23. The van der Waals surface area contributed by atoms with Crippen molar-refractivity contribution in [3.05, 3.63) is 29.1 Å². The van der Waals surface area contributed by atoms with E-state index < -0.39 is 0 Å². The molecule has 0 saturated carbocycles. The Morgan fingerprint density at radius 1 is 1.21 bits per heavy atom. The average molecular weight is 390 g/mol. The maximum Gasteiger partial charge on any atom is 0.157 e. The predicted octanol–water partition coefficient (Wildman–Crippen LogP) is 1.99. The van der Waals surface area contributed by atoms with Gasteiger partial charge < -0.3 is 20.7 Å². The summed E-state index contributed by atoms with van der Waals surface area (Å²) in [4.78, 5) is 0. The van der Waals surface area contributed by atoms with E-state index in [1.807, 2.05) is 13.1 Å². The Bertz CT molecular complexity index is 753. The first-order valence-corrected chi connectivity index (χ1v) is 10.4. The SMILES string of the molecule is CNC1NC(Nc2cc3c(c(C4=CCNCCC4)c2F)OCC3)NC(C)C1C. The molecule has 3 aliphatic rings. The van der Waals surface area contributed by atoms with Gasteiger partial charge >= 0.3 is 0 Å². The second-order valence-electron chi connectivity index (χ2n) is 8.06. The van der Waals surface area contributed by atoms with E-state index in [1.165, 1.54) is 0 Å². The molecule has 3 heterocycles. The lowest BCUT2D eigenvalue weighted by molar-refractivity contribution is 0.176. The molecule has 4 rings (SSSR count). The van der Waals surface area contributed by atoms with Gasteiger partial charge in [-0.25, -0.2) is 4.39 Å². The molecule has 1 aromatic rings. The predicted molar refractivity (Wildman–Crippen MR) is 111 cm³/mol. The fourth-order valence-corrected chi connectivity index (χ4v) is 4.40. The zero-order valence-corrected chi connectivity index (χ0v) is 17.0. The van der Waals surface area contributed by atoms with Crippen molar-refractivity contribution in [2.75, 3.05) is 32.1 Å². The Morgan fingerprint density at radius 2 is 2.07 bits per heavy atom. The molecule has 0 radical (unpaired) electrons. The first-order chi connectivity index (χ1) is 13.6. The molecular formula is C21H32FN5O. The first kappa shape index (κ1) is 19.6. The third-order valence-corrected chi connectivity index (χ3v) is 6.23. The van der Waals surface area contributed by atoms with E-state index >= 15 is 4.39 Å². The second kappa shape index (κ2) is 8.37. The second-order valence-corrected chi connectivity index (χ2v) is 8.06. The van der Waals surface area contributed by atoms with Crippen LogP contribution in [-0.2, 0) is 6.42 Å². The molecule has 0 amide bonds. The van der Waals surface area contributed by atoms with Gasteiger partial charge in [-0.05, 0) is 50.9 Å². The molecule has 1 fully saturated rings. The van der Waals surface area contributed by atoms with Crippen LogP contribution in [0.3, 0.4) is 0 Å². The summed E-state index contributed by atoms with van der Waals surface area (Å²) in [5.74, 6) is 0.932. The summed E-state index contributed by atoms with van der Waals surface area (Å²) >= 11 is 0. The summed E-state index contributed by atoms with van der Waals surface area (Å²) < 4.78 is 21.5. The van der Waals surface area contributed by atoms with Crippen molar-refractivity contribution < 1.29 is 9.13 Å². The van der Waals surface area contributed by atoms with Crippen LogP contribution in [0.5, 0.6) is 5.75 Å². The Hall–Kier alpha value is -1.67. The fraction of sp³-hybridized carbons (Fsp3) is 0.619. The average Bonchev–Trinajstić information content (AvgIpc) is 2.97. The highest BCUT2D eigenvalue weighted by Crippen LogP contribution is 2.41. The van der Waals surface area contributed by atoms with E-state index in [0.717, 1.165) is 49.2 Å². The molecule has 7 heteroatoms. The van der Waals surface area contributed by atoms with Gasteiger partial charge in [-0.2, -0.15) is 0 Å². The van der Waals surface area contributed by atoms with E-state index in [-0.39, 0.29) is 18.3 Å². The minimum Gasteiger partial charge on any atom is -0.492 e. The third kappa shape index (κ3) is 3.76. The quantitative estimate of drug-likeness (QED) is 0.543. The molecule has 6 nitrogen and oxygen atoms in total. The van der Waals surface area contributed by atoms with Gasteiger partial charge in [0.15, 0.2) is 5.82 Å². The molecule has 0 spiro atoms. The van der Waals surface area contributed by atoms with Crippen molar-refractivity contribution in [3.8, 4) is 5.75 Å². The molecule has 3 aliphatic heterocycles. The van der Waals surface area contributed by atoms with Gasteiger partial charge in [-0.3, -0.25) is 10.6 Å². The topological polar surface area (TPSA) is 69.4 Å². The van der Waals surface area contributed by atoms with Gasteiger partial charge in [0.2, 0.25) is 0 Å². The van der Waals surface area contributed by atoms with Crippen LogP contribution in [0.4, 0.5) is 10.1 Å².